The molecule has 0 aliphatic rings. The number of halogens is 1. The minimum atomic E-state index is -0.447. The van der Waals surface area contributed by atoms with Crippen LogP contribution in [0, 0.1) is 5.82 Å². The van der Waals surface area contributed by atoms with Crippen LogP contribution < -0.4 is 10.1 Å². The van der Waals surface area contributed by atoms with Gasteiger partial charge in [-0.05, 0) is 12.6 Å². The summed E-state index contributed by atoms with van der Waals surface area (Å²) in [6, 6.07) is 4.73. The maximum Gasteiger partial charge on any atom is 0.259 e. The molecule has 1 aromatic carbocycles. The first kappa shape index (κ1) is 14.4. The Labute approximate surface area is 107 Å². The molecule has 0 aliphatic heterocycles. The Morgan fingerprint density at radius 3 is 2.78 bits per heavy atom. The van der Waals surface area contributed by atoms with E-state index in [0.29, 0.717) is 12.1 Å². The van der Waals surface area contributed by atoms with Gasteiger partial charge in [-0.3, -0.25) is 4.79 Å². The van der Waals surface area contributed by atoms with Gasteiger partial charge in [-0.25, -0.2) is 4.39 Å². The number of hydrogen-bond donors (Lipinski definition) is 1. The number of benzene rings is 1. The number of nitrogens with zero attached hydrogens (tertiary/aromatic N) is 1. The molecule has 1 N–H and O–H groups in total. The van der Waals surface area contributed by atoms with Crippen LogP contribution in [0.5, 0.6) is 5.75 Å². The monoisotopic (exact) mass is 254 g/mol. The largest absolute Gasteiger partial charge is 0.480 e. The highest BCUT2D eigenvalue weighted by molar-refractivity contribution is 5.77. The normalized spacial score (nSPS) is 10.2. The molecule has 100 valence electrons. The van der Waals surface area contributed by atoms with Crippen molar-refractivity contribution >= 4 is 5.91 Å². The van der Waals surface area contributed by atoms with Gasteiger partial charge in [0.25, 0.3) is 5.91 Å². The van der Waals surface area contributed by atoms with E-state index in [9.17, 15) is 9.18 Å². The summed E-state index contributed by atoms with van der Waals surface area (Å²) in [6.45, 7) is 3.11. The zero-order chi connectivity index (χ0) is 13.5. The first-order valence-electron chi connectivity index (χ1n) is 5.87. The van der Waals surface area contributed by atoms with E-state index in [0.717, 1.165) is 6.54 Å². The van der Waals surface area contributed by atoms with Gasteiger partial charge in [0.15, 0.2) is 18.2 Å². The van der Waals surface area contributed by atoms with Gasteiger partial charge < -0.3 is 15.0 Å². The molecule has 0 bridgehead atoms. The highest BCUT2D eigenvalue weighted by Gasteiger charge is 2.12. The molecule has 1 amide bonds. The predicted octanol–water partition coefficient (Wildman–Crippen LogP) is 1.40. The summed E-state index contributed by atoms with van der Waals surface area (Å²) in [7, 11) is 3.26. The third-order valence-electron chi connectivity index (χ3n) is 2.45. The standard InChI is InChI=1S/C13H19FN2O2/c1-4-15-8-10-6-5-7-11(14)13(10)18-9-12(17)16(2)3/h5-7,15H,4,8-9H2,1-3H3. The molecule has 0 heterocycles. The molecular formula is C13H19FN2O2. The van der Waals surface area contributed by atoms with E-state index in [-0.39, 0.29) is 18.3 Å². The number of nitrogens with one attached hydrogen (secondary N) is 1. The lowest BCUT2D eigenvalue weighted by molar-refractivity contribution is -0.130. The number of rotatable bonds is 6. The van der Waals surface area contributed by atoms with Gasteiger partial charge in [0, 0.05) is 26.2 Å². The van der Waals surface area contributed by atoms with Gasteiger partial charge in [-0.1, -0.05) is 19.1 Å². The number of ether oxygens (including phenoxy) is 1. The molecule has 4 nitrogen and oxygen atoms in total. The fourth-order valence-electron chi connectivity index (χ4n) is 1.38. The molecule has 0 saturated carbocycles. The van der Waals surface area contributed by atoms with Crippen molar-refractivity contribution in [2.75, 3.05) is 27.2 Å². The SMILES string of the molecule is CCNCc1cccc(F)c1OCC(=O)N(C)C. The Morgan fingerprint density at radius 2 is 2.17 bits per heavy atom. The molecular weight excluding hydrogens is 235 g/mol. The van der Waals surface area contributed by atoms with Crippen molar-refractivity contribution < 1.29 is 13.9 Å². The topological polar surface area (TPSA) is 41.6 Å². The minimum absolute atomic E-state index is 0.147. The van der Waals surface area contributed by atoms with Gasteiger partial charge >= 0.3 is 0 Å². The van der Waals surface area contributed by atoms with Crippen LogP contribution in [0.4, 0.5) is 4.39 Å². The Kier molecular flexibility index (Phi) is 5.58. The molecule has 0 fully saturated rings. The molecule has 0 aromatic heterocycles. The van der Waals surface area contributed by atoms with Crippen molar-refractivity contribution in [2.45, 2.75) is 13.5 Å². The summed E-state index contributed by atoms with van der Waals surface area (Å²) in [4.78, 5) is 12.8. The molecule has 0 atom stereocenters. The van der Waals surface area contributed by atoms with Gasteiger partial charge in [0.1, 0.15) is 0 Å². The lowest BCUT2D eigenvalue weighted by atomic mass is 10.2. The van der Waals surface area contributed by atoms with Crippen molar-refractivity contribution in [3.63, 3.8) is 0 Å². The highest BCUT2D eigenvalue weighted by Crippen LogP contribution is 2.22. The Bertz CT molecular complexity index is 408. The van der Waals surface area contributed by atoms with E-state index in [1.165, 1.54) is 11.0 Å². The van der Waals surface area contributed by atoms with Crippen molar-refractivity contribution in [1.29, 1.82) is 0 Å². The maximum absolute atomic E-state index is 13.7. The molecule has 0 saturated heterocycles. The molecule has 0 unspecified atom stereocenters. The van der Waals surface area contributed by atoms with Crippen LogP contribution in [-0.2, 0) is 11.3 Å². The molecule has 0 spiro atoms. The van der Waals surface area contributed by atoms with Crippen LogP contribution in [0.25, 0.3) is 0 Å². The van der Waals surface area contributed by atoms with Gasteiger partial charge in [0.05, 0.1) is 0 Å². The van der Waals surface area contributed by atoms with E-state index in [4.69, 9.17) is 4.74 Å². The second kappa shape index (κ2) is 6.96. The van der Waals surface area contributed by atoms with Crippen molar-refractivity contribution in [3.05, 3.63) is 29.6 Å². The summed E-state index contributed by atoms with van der Waals surface area (Å²) in [6.07, 6.45) is 0. The summed E-state index contributed by atoms with van der Waals surface area (Å²) in [5.41, 5.74) is 0.711. The first-order valence-corrected chi connectivity index (χ1v) is 5.87. The predicted molar refractivity (Wildman–Crippen MR) is 68.0 cm³/mol. The Hall–Kier alpha value is -1.62. The minimum Gasteiger partial charge on any atom is -0.480 e. The Balaban J connectivity index is 2.76. The summed E-state index contributed by atoms with van der Waals surface area (Å²) in [5.74, 6) is -0.502. The molecule has 1 rings (SSSR count). The zero-order valence-electron chi connectivity index (χ0n) is 11.0. The first-order chi connectivity index (χ1) is 8.56. The van der Waals surface area contributed by atoms with E-state index >= 15 is 0 Å². The third-order valence-corrected chi connectivity index (χ3v) is 2.45. The van der Waals surface area contributed by atoms with Crippen LogP contribution in [0.15, 0.2) is 18.2 Å². The number of hydrogen-bond acceptors (Lipinski definition) is 3. The van der Waals surface area contributed by atoms with Crippen LogP contribution >= 0.6 is 0 Å². The quantitative estimate of drug-likeness (QED) is 0.834. The van der Waals surface area contributed by atoms with Gasteiger partial charge in [-0.2, -0.15) is 0 Å². The van der Waals surface area contributed by atoms with Crippen molar-refractivity contribution in [1.82, 2.24) is 10.2 Å². The Morgan fingerprint density at radius 1 is 1.44 bits per heavy atom. The van der Waals surface area contributed by atoms with Gasteiger partial charge in [-0.15, -0.1) is 0 Å². The summed E-state index contributed by atoms with van der Waals surface area (Å²) >= 11 is 0. The van der Waals surface area contributed by atoms with Crippen molar-refractivity contribution in [2.24, 2.45) is 0 Å². The van der Waals surface area contributed by atoms with Gasteiger partial charge in [0.2, 0.25) is 0 Å². The van der Waals surface area contributed by atoms with E-state index < -0.39 is 5.82 Å². The number of carbonyl (C=O) groups excluding carboxylic acids is 1. The van der Waals surface area contributed by atoms with Crippen LogP contribution in [0.1, 0.15) is 12.5 Å². The second-order valence-corrected chi connectivity index (χ2v) is 4.09. The van der Waals surface area contributed by atoms with Crippen molar-refractivity contribution in [3.8, 4) is 5.75 Å². The summed E-state index contributed by atoms with van der Waals surface area (Å²) < 4.78 is 18.9. The smallest absolute Gasteiger partial charge is 0.259 e. The lowest BCUT2D eigenvalue weighted by Crippen LogP contribution is -2.28. The average Bonchev–Trinajstić information content (AvgIpc) is 2.34. The molecule has 18 heavy (non-hydrogen) atoms. The number of amides is 1. The molecule has 5 heteroatoms. The van der Waals surface area contributed by atoms with E-state index in [1.807, 2.05) is 6.92 Å². The lowest BCUT2D eigenvalue weighted by Gasteiger charge is -2.14. The fraction of sp³-hybridized carbons (Fsp3) is 0.462. The second-order valence-electron chi connectivity index (χ2n) is 4.09. The average molecular weight is 254 g/mol. The zero-order valence-corrected chi connectivity index (χ0v) is 11.0. The molecule has 1 aromatic rings. The molecule has 0 radical (unpaired) electrons. The van der Waals surface area contributed by atoms with E-state index in [1.54, 1.807) is 26.2 Å². The molecule has 0 aliphatic carbocycles. The number of likely N-dealkylation sites (N-methyl/N-ethyl adjacent to an activating group) is 1. The summed E-state index contributed by atoms with van der Waals surface area (Å²) in [5, 5.41) is 3.10. The van der Waals surface area contributed by atoms with E-state index in [2.05, 4.69) is 5.32 Å². The third kappa shape index (κ3) is 4.00. The maximum atomic E-state index is 13.7. The van der Waals surface area contributed by atoms with Crippen LogP contribution in [0.2, 0.25) is 0 Å². The number of carbonyl (C=O) groups is 1. The fourth-order valence-corrected chi connectivity index (χ4v) is 1.38. The van der Waals surface area contributed by atoms with Crippen LogP contribution in [0.3, 0.4) is 0 Å². The number of para-hydroxylation sites is 1. The highest BCUT2D eigenvalue weighted by atomic mass is 19.1. The van der Waals surface area contributed by atoms with Crippen LogP contribution in [-0.4, -0.2) is 38.1 Å².